The molecule has 0 atom stereocenters. The zero-order valence-electron chi connectivity index (χ0n) is 11.3. The number of benzene rings is 1. The minimum Gasteiger partial charge on any atom is -0.434 e. The van der Waals surface area contributed by atoms with Crippen LogP contribution in [0.25, 0.3) is 32.2 Å². The van der Waals surface area contributed by atoms with E-state index in [9.17, 15) is 4.79 Å². The SMILES string of the molecule is NC(=O)c1nc(-c2csc3ccccc23)oc1-c1cccs1. The number of nitrogens with two attached hydrogens (primary N) is 1. The van der Waals surface area contributed by atoms with Crippen LogP contribution in [0.4, 0.5) is 0 Å². The summed E-state index contributed by atoms with van der Waals surface area (Å²) in [5, 5.41) is 4.96. The third kappa shape index (κ3) is 2.04. The number of amides is 1. The lowest BCUT2D eigenvalue weighted by Crippen LogP contribution is -2.12. The second kappa shape index (κ2) is 5.08. The highest BCUT2D eigenvalue weighted by atomic mass is 32.1. The van der Waals surface area contributed by atoms with Crippen LogP contribution in [-0.4, -0.2) is 10.9 Å². The van der Waals surface area contributed by atoms with Gasteiger partial charge in [0.05, 0.1) is 10.4 Å². The largest absolute Gasteiger partial charge is 0.434 e. The lowest BCUT2D eigenvalue weighted by Gasteiger charge is -1.93. The highest BCUT2D eigenvalue weighted by Crippen LogP contribution is 2.37. The van der Waals surface area contributed by atoms with Gasteiger partial charge in [0, 0.05) is 15.5 Å². The predicted octanol–water partition coefficient (Wildman–Crippen LogP) is 4.38. The molecule has 0 spiro atoms. The highest BCUT2D eigenvalue weighted by molar-refractivity contribution is 7.17. The molecule has 0 unspecified atom stereocenters. The lowest BCUT2D eigenvalue weighted by atomic mass is 10.2. The molecule has 0 fully saturated rings. The lowest BCUT2D eigenvalue weighted by molar-refractivity contribution is 0.0996. The summed E-state index contributed by atoms with van der Waals surface area (Å²) in [5.41, 5.74) is 6.50. The third-order valence-corrected chi connectivity index (χ3v) is 5.15. The third-order valence-electron chi connectivity index (χ3n) is 3.32. The van der Waals surface area contributed by atoms with Crippen molar-refractivity contribution >= 4 is 38.7 Å². The Balaban J connectivity index is 1.93. The zero-order valence-corrected chi connectivity index (χ0v) is 12.9. The maximum atomic E-state index is 11.7. The van der Waals surface area contributed by atoms with Crippen molar-refractivity contribution in [3.05, 3.63) is 52.9 Å². The van der Waals surface area contributed by atoms with Gasteiger partial charge in [-0.3, -0.25) is 4.79 Å². The Hall–Kier alpha value is -2.44. The fourth-order valence-corrected chi connectivity index (χ4v) is 3.96. The van der Waals surface area contributed by atoms with E-state index in [1.165, 1.54) is 11.3 Å². The number of nitrogens with zero attached hydrogens (tertiary/aromatic N) is 1. The van der Waals surface area contributed by atoms with E-state index < -0.39 is 5.91 Å². The molecule has 108 valence electrons. The Kier molecular flexibility index (Phi) is 3.06. The fourth-order valence-electron chi connectivity index (χ4n) is 2.32. The standard InChI is InChI=1S/C16H10N2O2S2/c17-15(19)13-14(12-6-3-7-21-12)20-16(18-13)10-8-22-11-5-2-1-4-9(10)11/h1-8H,(H2,17,19). The van der Waals surface area contributed by atoms with Crippen LogP contribution in [-0.2, 0) is 0 Å². The minimum atomic E-state index is -0.585. The van der Waals surface area contributed by atoms with Crippen LogP contribution in [0.15, 0.2) is 51.6 Å². The van der Waals surface area contributed by atoms with E-state index in [-0.39, 0.29) is 5.69 Å². The monoisotopic (exact) mass is 326 g/mol. The number of thiophene rings is 2. The molecule has 3 heterocycles. The molecule has 1 aromatic carbocycles. The molecule has 4 rings (SSSR count). The van der Waals surface area contributed by atoms with Crippen molar-refractivity contribution in [1.82, 2.24) is 4.98 Å². The van der Waals surface area contributed by atoms with Gasteiger partial charge in [0.25, 0.3) is 5.91 Å². The maximum Gasteiger partial charge on any atom is 0.271 e. The summed E-state index contributed by atoms with van der Waals surface area (Å²) in [6, 6.07) is 11.8. The van der Waals surface area contributed by atoms with Gasteiger partial charge in [0.2, 0.25) is 5.89 Å². The van der Waals surface area contributed by atoms with E-state index in [2.05, 4.69) is 4.98 Å². The smallest absolute Gasteiger partial charge is 0.271 e. The van der Waals surface area contributed by atoms with E-state index in [0.717, 1.165) is 20.5 Å². The van der Waals surface area contributed by atoms with Crippen molar-refractivity contribution in [2.24, 2.45) is 5.73 Å². The van der Waals surface area contributed by atoms with Gasteiger partial charge in [0.1, 0.15) is 0 Å². The quantitative estimate of drug-likeness (QED) is 0.607. The molecule has 0 saturated carbocycles. The minimum absolute atomic E-state index is 0.174. The molecular weight excluding hydrogens is 316 g/mol. The summed E-state index contributed by atoms with van der Waals surface area (Å²) < 4.78 is 7.03. The first kappa shape index (κ1) is 13.2. The fraction of sp³-hybridized carbons (Fsp3) is 0. The summed E-state index contributed by atoms with van der Waals surface area (Å²) in [4.78, 5) is 16.8. The molecule has 0 bridgehead atoms. The molecule has 6 heteroatoms. The van der Waals surface area contributed by atoms with E-state index in [1.807, 2.05) is 47.2 Å². The molecular formula is C16H10N2O2S2. The van der Waals surface area contributed by atoms with Gasteiger partial charge in [-0.15, -0.1) is 22.7 Å². The highest BCUT2D eigenvalue weighted by Gasteiger charge is 2.22. The number of carbonyl (C=O) groups is 1. The number of oxazole rings is 1. The normalized spacial score (nSPS) is 11.1. The molecule has 0 saturated heterocycles. The molecule has 22 heavy (non-hydrogen) atoms. The van der Waals surface area contributed by atoms with Gasteiger partial charge in [-0.2, -0.15) is 0 Å². The Bertz CT molecular complexity index is 967. The maximum absolute atomic E-state index is 11.7. The van der Waals surface area contributed by atoms with Crippen LogP contribution in [0.1, 0.15) is 10.5 Å². The number of carbonyl (C=O) groups excluding carboxylic acids is 1. The van der Waals surface area contributed by atoms with E-state index in [1.54, 1.807) is 11.3 Å². The van der Waals surface area contributed by atoms with Crippen LogP contribution in [0.2, 0.25) is 0 Å². The van der Waals surface area contributed by atoms with Crippen molar-refractivity contribution in [2.75, 3.05) is 0 Å². The number of hydrogen-bond donors (Lipinski definition) is 1. The predicted molar refractivity (Wildman–Crippen MR) is 89.2 cm³/mol. The molecule has 0 radical (unpaired) electrons. The zero-order chi connectivity index (χ0) is 15.1. The van der Waals surface area contributed by atoms with Crippen molar-refractivity contribution in [3.8, 4) is 22.1 Å². The van der Waals surface area contributed by atoms with E-state index in [4.69, 9.17) is 10.2 Å². The molecule has 0 aliphatic rings. The van der Waals surface area contributed by atoms with Crippen molar-refractivity contribution in [3.63, 3.8) is 0 Å². The second-order valence-corrected chi connectivity index (χ2v) is 6.54. The number of hydrogen-bond acceptors (Lipinski definition) is 5. The number of primary amides is 1. The Morgan fingerprint density at radius 2 is 2.00 bits per heavy atom. The molecule has 1 amide bonds. The van der Waals surface area contributed by atoms with Gasteiger partial charge >= 0.3 is 0 Å². The summed E-state index contributed by atoms with van der Waals surface area (Å²) >= 11 is 3.10. The Morgan fingerprint density at radius 1 is 1.14 bits per heavy atom. The summed E-state index contributed by atoms with van der Waals surface area (Å²) in [6.45, 7) is 0. The van der Waals surface area contributed by atoms with Gasteiger partial charge in [-0.25, -0.2) is 4.98 Å². The van der Waals surface area contributed by atoms with Crippen LogP contribution in [0, 0.1) is 0 Å². The molecule has 2 N–H and O–H groups in total. The first-order chi connectivity index (χ1) is 10.7. The molecule has 0 aliphatic carbocycles. The summed E-state index contributed by atoms with van der Waals surface area (Å²) in [6.07, 6.45) is 0. The van der Waals surface area contributed by atoms with E-state index in [0.29, 0.717) is 11.7 Å². The van der Waals surface area contributed by atoms with Gasteiger partial charge < -0.3 is 10.2 Å². The van der Waals surface area contributed by atoms with Crippen molar-refractivity contribution < 1.29 is 9.21 Å². The first-order valence-corrected chi connectivity index (χ1v) is 8.31. The van der Waals surface area contributed by atoms with Crippen molar-refractivity contribution in [1.29, 1.82) is 0 Å². The van der Waals surface area contributed by atoms with Crippen LogP contribution in [0.3, 0.4) is 0 Å². The van der Waals surface area contributed by atoms with Gasteiger partial charge in [0.15, 0.2) is 11.5 Å². The van der Waals surface area contributed by atoms with Gasteiger partial charge in [-0.05, 0) is 17.5 Å². The Labute approximate surface area is 133 Å². The molecule has 4 nitrogen and oxygen atoms in total. The van der Waals surface area contributed by atoms with E-state index >= 15 is 0 Å². The average Bonchev–Trinajstić information content (AvgIpc) is 3.24. The Morgan fingerprint density at radius 3 is 2.77 bits per heavy atom. The number of aromatic nitrogens is 1. The summed E-state index contributed by atoms with van der Waals surface area (Å²) in [7, 11) is 0. The van der Waals surface area contributed by atoms with Crippen molar-refractivity contribution in [2.45, 2.75) is 0 Å². The molecule has 0 aliphatic heterocycles. The van der Waals surface area contributed by atoms with Crippen LogP contribution >= 0.6 is 22.7 Å². The topological polar surface area (TPSA) is 69.1 Å². The summed E-state index contributed by atoms with van der Waals surface area (Å²) in [5.74, 6) is 0.278. The van der Waals surface area contributed by atoms with Crippen LogP contribution in [0.5, 0.6) is 0 Å². The molecule has 4 aromatic rings. The number of rotatable bonds is 3. The average molecular weight is 326 g/mol. The number of fused-ring (bicyclic) bond motifs is 1. The van der Waals surface area contributed by atoms with Crippen LogP contribution < -0.4 is 5.73 Å². The van der Waals surface area contributed by atoms with Gasteiger partial charge in [-0.1, -0.05) is 24.3 Å². The molecule has 3 aromatic heterocycles. The first-order valence-electron chi connectivity index (χ1n) is 6.55. The second-order valence-electron chi connectivity index (χ2n) is 4.68.